The fraction of sp³-hybridized carbons (Fsp3) is 0.182. The van der Waals surface area contributed by atoms with E-state index >= 15 is 0 Å². The number of aromatic nitrogens is 2. The lowest BCUT2D eigenvalue weighted by molar-refractivity contribution is 0.885. The molecule has 3 nitrogen and oxygen atoms in total. The van der Waals surface area contributed by atoms with Crippen LogP contribution in [0.2, 0.25) is 0 Å². The van der Waals surface area contributed by atoms with Crippen LogP contribution in [0.5, 0.6) is 0 Å². The Morgan fingerprint density at radius 2 is 1.86 bits per heavy atom. The van der Waals surface area contributed by atoms with Crippen LogP contribution in [0, 0.1) is 6.92 Å². The Bertz CT molecular complexity index is 414. The smallest absolute Gasteiger partial charge is 0.129 e. The molecular weight excluding hydrogens is 174 g/mol. The summed E-state index contributed by atoms with van der Waals surface area (Å²) in [6, 6.07) is 10.2. The van der Waals surface area contributed by atoms with Crippen molar-refractivity contribution in [1.82, 2.24) is 9.78 Å². The predicted molar refractivity (Wildman–Crippen MR) is 57.8 cm³/mol. The van der Waals surface area contributed by atoms with Crippen LogP contribution in [0.25, 0.3) is 5.69 Å². The predicted octanol–water partition coefficient (Wildman–Crippen LogP) is 2.22. The molecule has 2 rings (SSSR count). The minimum absolute atomic E-state index is 0.994. The first kappa shape index (κ1) is 8.81. The lowest BCUT2D eigenvalue weighted by Gasteiger charge is -2.06. The molecule has 0 amide bonds. The van der Waals surface area contributed by atoms with Crippen molar-refractivity contribution in [3.05, 3.63) is 42.1 Å². The Balaban J connectivity index is 2.44. The molecule has 0 radical (unpaired) electrons. The molecule has 1 aromatic heterocycles. The lowest BCUT2D eigenvalue weighted by atomic mass is 10.2. The molecule has 72 valence electrons. The third-order valence-electron chi connectivity index (χ3n) is 2.18. The molecule has 0 atom stereocenters. The van der Waals surface area contributed by atoms with Gasteiger partial charge in [-0.25, -0.2) is 4.68 Å². The Kier molecular flexibility index (Phi) is 2.23. The zero-order valence-electron chi connectivity index (χ0n) is 8.36. The molecule has 0 aliphatic carbocycles. The maximum atomic E-state index is 4.24. The van der Waals surface area contributed by atoms with E-state index in [-0.39, 0.29) is 0 Å². The molecule has 1 heterocycles. The highest BCUT2D eigenvalue weighted by Gasteiger charge is 2.01. The molecule has 0 saturated carbocycles. The average Bonchev–Trinajstić information content (AvgIpc) is 2.67. The van der Waals surface area contributed by atoms with Gasteiger partial charge in [-0.3, -0.25) is 0 Å². The molecule has 0 unspecified atom stereocenters. The van der Waals surface area contributed by atoms with E-state index in [2.05, 4.69) is 41.6 Å². The average molecular weight is 187 g/mol. The molecule has 14 heavy (non-hydrogen) atoms. The molecule has 0 aliphatic heterocycles. The Morgan fingerprint density at radius 1 is 1.14 bits per heavy atom. The first-order valence-electron chi connectivity index (χ1n) is 4.60. The number of hydrogen-bond acceptors (Lipinski definition) is 2. The molecular formula is C11H13N3. The monoisotopic (exact) mass is 187 g/mol. The first-order valence-corrected chi connectivity index (χ1v) is 4.60. The third kappa shape index (κ3) is 1.48. The molecule has 0 saturated heterocycles. The molecule has 0 aliphatic rings. The van der Waals surface area contributed by atoms with Gasteiger partial charge in [0.15, 0.2) is 0 Å². The van der Waals surface area contributed by atoms with Crippen molar-refractivity contribution in [2.45, 2.75) is 6.92 Å². The topological polar surface area (TPSA) is 29.9 Å². The summed E-state index contributed by atoms with van der Waals surface area (Å²) in [4.78, 5) is 0. The van der Waals surface area contributed by atoms with Gasteiger partial charge >= 0.3 is 0 Å². The van der Waals surface area contributed by atoms with Gasteiger partial charge in [-0.1, -0.05) is 17.7 Å². The van der Waals surface area contributed by atoms with E-state index in [0.29, 0.717) is 0 Å². The van der Waals surface area contributed by atoms with Crippen LogP contribution in [0.3, 0.4) is 0 Å². The Morgan fingerprint density at radius 3 is 2.50 bits per heavy atom. The van der Waals surface area contributed by atoms with Crippen molar-refractivity contribution in [3.63, 3.8) is 0 Å². The van der Waals surface area contributed by atoms with Crippen LogP contribution in [0.4, 0.5) is 5.82 Å². The van der Waals surface area contributed by atoms with E-state index < -0.39 is 0 Å². The molecule has 0 fully saturated rings. The van der Waals surface area contributed by atoms with Crippen LogP contribution in [0.15, 0.2) is 36.5 Å². The van der Waals surface area contributed by atoms with Crippen molar-refractivity contribution < 1.29 is 0 Å². The largest absolute Gasteiger partial charge is 0.373 e. The zero-order chi connectivity index (χ0) is 9.97. The quantitative estimate of drug-likeness (QED) is 0.781. The van der Waals surface area contributed by atoms with Gasteiger partial charge in [0.05, 0.1) is 11.9 Å². The number of aryl methyl sites for hydroxylation is 1. The van der Waals surface area contributed by atoms with E-state index in [0.717, 1.165) is 11.5 Å². The van der Waals surface area contributed by atoms with Gasteiger partial charge in [-0.2, -0.15) is 5.10 Å². The van der Waals surface area contributed by atoms with Crippen molar-refractivity contribution in [3.8, 4) is 5.69 Å². The minimum Gasteiger partial charge on any atom is -0.373 e. The van der Waals surface area contributed by atoms with E-state index in [1.807, 2.05) is 17.8 Å². The van der Waals surface area contributed by atoms with Crippen molar-refractivity contribution in [2.24, 2.45) is 0 Å². The minimum atomic E-state index is 0.994. The summed E-state index contributed by atoms with van der Waals surface area (Å²) in [5.74, 6) is 0.994. The van der Waals surface area contributed by atoms with Crippen molar-refractivity contribution in [2.75, 3.05) is 12.4 Å². The maximum absolute atomic E-state index is 4.24. The van der Waals surface area contributed by atoms with E-state index in [9.17, 15) is 0 Å². The van der Waals surface area contributed by atoms with E-state index in [1.165, 1.54) is 5.56 Å². The van der Waals surface area contributed by atoms with Gasteiger partial charge < -0.3 is 5.32 Å². The Hall–Kier alpha value is -1.77. The number of hydrogen-bond donors (Lipinski definition) is 1. The zero-order valence-corrected chi connectivity index (χ0v) is 8.36. The van der Waals surface area contributed by atoms with E-state index in [1.54, 1.807) is 6.20 Å². The number of rotatable bonds is 2. The second-order valence-corrected chi connectivity index (χ2v) is 3.21. The maximum Gasteiger partial charge on any atom is 0.129 e. The van der Waals surface area contributed by atoms with Crippen LogP contribution in [-0.2, 0) is 0 Å². The summed E-state index contributed by atoms with van der Waals surface area (Å²) >= 11 is 0. The highest BCUT2D eigenvalue weighted by molar-refractivity contribution is 5.44. The van der Waals surface area contributed by atoms with Gasteiger partial charge in [-0.05, 0) is 19.1 Å². The number of anilines is 1. The third-order valence-corrected chi connectivity index (χ3v) is 2.18. The fourth-order valence-corrected chi connectivity index (χ4v) is 1.38. The highest BCUT2D eigenvalue weighted by atomic mass is 15.3. The lowest BCUT2D eigenvalue weighted by Crippen LogP contribution is -2.01. The number of benzene rings is 1. The van der Waals surface area contributed by atoms with Crippen LogP contribution in [0.1, 0.15) is 5.56 Å². The van der Waals surface area contributed by atoms with Crippen LogP contribution < -0.4 is 5.32 Å². The van der Waals surface area contributed by atoms with Gasteiger partial charge in [0.1, 0.15) is 5.82 Å². The normalized spacial score (nSPS) is 10.1. The molecule has 2 aromatic rings. The van der Waals surface area contributed by atoms with Gasteiger partial charge in [0.2, 0.25) is 0 Å². The fourth-order valence-electron chi connectivity index (χ4n) is 1.38. The summed E-state index contributed by atoms with van der Waals surface area (Å²) in [6.45, 7) is 2.08. The molecule has 1 N–H and O–H groups in total. The number of nitrogens with zero attached hydrogens (tertiary/aromatic N) is 2. The second kappa shape index (κ2) is 3.54. The molecule has 0 bridgehead atoms. The summed E-state index contributed by atoms with van der Waals surface area (Å²) in [5, 5.41) is 7.33. The summed E-state index contributed by atoms with van der Waals surface area (Å²) < 4.78 is 1.87. The molecule has 0 spiro atoms. The molecule has 1 aromatic carbocycles. The van der Waals surface area contributed by atoms with Gasteiger partial charge in [-0.15, -0.1) is 0 Å². The van der Waals surface area contributed by atoms with Gasteiger partial charge in [0.25, 0.3) is 0 Å². The Labute approximate surface area is 83.4 Å². The van der Waals surface area contributed by atoms with Crippen molar-refractivity contribution >= 4 is 5.82 Å². The summed E-state index contributed by atoms with van der Waals surface area (Å²) in [5.41, 5.74) is 2.33. The molecule has 3 heteroatoms. The SMILES string of the molecule is CNc1ccnn1-c1ccc(C)cc1. The van der Waals surface area contributed by atoms with Crippen LogP contribution >= 0.6 is 0 Å². The van der Waals surface area contributed by atoms with Crippen LogP contribution in [-0.4, -0.2) is 16.8 Å². The van der Waals surface area contributed by atoms with Gasteiger partial charge in [0, 0.05) is 13.1 Å². The van der Waals surface area contributed by atoms with E-state index in [4.69, 9.17) is 0 Å². The summed E-state index contributed by atoms with van der Waals surface area (Å²) in [7, 11) is 1.89. The van der Waals surface area contributed by atoms with Crippen molar-refractivity contribution in [1.29, 1.82) is 0 Å². The standard InChI is InChI=1S/C11H13N3/c1-9-3-5-10(6-4-9)14-11(12-2)7-8-13-14/h3-8,12H,1-2H3. The number of nitrogens with one attached hydrogen (secondary N) is 1. The highest BCUT2D eigenvalue weighted by Crippen LogP contribution is 2.14. The first-order chi connectivity index (χ1) is 6.81. The second-order valence-electron chi connectivity index (χ2n) is 3.21. The summed E-state index contributed by atoms with van der Waals surface area (Å²) in [6.07, 6.45) is 1.78.